The van der Waals surface area contributed by atoms with Gasteiger partial charge in [-0.25, -0.2) is 0 Å². The fraction of sp³-hybridized carbons (Fsp3) is 0.400. The van der Waals surface area contributed by atoms with Gasteiger partial charge in [0.25, 0.3) is 0 Å². The van der Waals surface area contributed by atoms with Gasteiger partial charge < -0.3 is 10.4 Å². The van der Waals surface area contributed by atoms with Crippen LogP contribution in [0.15, 0.2) is 30.3 Å². The van der Waals surface area contributed by atoms with Crippen molar-refractivity contribution >= 4 is 11.9 Å². The lowest BCUT2D eigenvalue weighted by molar-refractivity contribution is -0.142. The molecule has 1 unspecified atom stereocenters. The smallest absolute Gasteiger partial charge is 0.325 e. The molecule has 8 nitrogen and oxygen atoms in total. The summed E-state index contributed by atoms with van der Waals surface area (Å²) in [7, 11) is 0. The number of aliphatic carboxylic acids is 1. The minimum Gasteiger partial charge on any atom is -0.480 e. The van der Waals surface area contributed by atoms with Gasteiger partial charge in [-0.05, 0) is 18.1 Å². The number of carboxylic acid groups (broad SMARTS) is 1. The van der Waals surface area contributed by atoms with Crippen molar-refractivity contribution in [1.29, 1.82) is 0 Å². The fourth-order valence-electron chi connectivity index (χ4n) is 2.08. The number of hydrogen-bond acceptors (Lipinski definition) is 5. The van der Waals surface area contributed by atoms with E-state index in [-0.39, 0.29) is 5.92 Å². The second kappa shape index (κ2) is 6.99. The van der Waals surface area contributed by atoms with E-state index in [1.54, 1.807) is 0 Å². The van der Waals surface area contributed by atoms with E-state index >= 15 is 0 Å². The maximum Gasteiger partial charge on any atom is 0.325 e. The summed E-state index contributed by atoms with van der Waals surface area (Å²) in [6.45, 7) is 5.07. The number of carboxylic acids is 1. The first-order valence-corrected chi connectivity index (χ1v) is 7.28. The summed E-state index contributed by atoms with van der Waals surface area (Å²) in [5, 5.41) is 23.5. The number of nitrogens with zero attached hydrogens (tertiary/aromatic N) is 4. The molecule has 2 rings (SSSR count). The maximum absolute atomic E-state index is 12.3. The van der Waals surface area contributed by atoms with Gasteiger partial charge in [-0.1, -0.05) is 44.2 Å². The van der Waals surface area contributed by atoms with E-state index < -0.39 is 24.0 Å². The largest absolute Gasteiger partial charge is 0.480 e. The molecule has 0 aliphatic rings. The molecule has 0 bridgehead atoms. The second-order valence-electron chi connectivity index (χ2n) is 5.56. The molecule has 122 valence electrons. The highest BCUT2D eigenvalue weighted by molar-refractivity contribution is 5.85. The lowest BCUT2D eigenvalue weighted by Crippen LogP contribution is -2.44. The topological polar surface area (TPSA) is 110 Å². The van der Waals surface area contributed by atoms with Gasteiger partial charge in [0.1, 0.15) is 6.04 Å². The van der Waals surface area contributed by atoms with Crippen LogP contribution in [0.4, 0.5) is 0 Å². The SMILES string of the molecule is CC(C)C(C(=O)N[C@H](C)C(=O)O)n1nnc(-c2ccccc2)n1. The number of hydrogen-bond donors (Lipinski definition) is 2. The molecule has 0 radical (unpaired) electrons. The lowest BCUT2D eigenvalue weighted by atomic mass is 10.0. The normalized spacial score (nSPS) is 13.6. The van der Waals surface area contributed by atoms with Crippen LogP contribution in [-0.4, -0.2) is 43.2 Å². The molecule has 1 aromatic heterocycles. The molecule has 0 fully saturated rings. The predicted molar refractivity (Wildman–Crippen MR) is 82.4 cm³/mol. The molecule has 2 aromatic rings. The van der Waals surface area contributed by atoms with Gasteiger partial charge in [-0.2, -0.15) is 4.80 Å². The fourth-order valence-corrected chi connectivity index (χ4v) is 2.08. The third-order valence-corrected chi connectivity index (χ3v) is 3.34. The molecule has 0 saturated carbocycles. The van der Waals surface area contributed by atoms with Crippen LogP contribution in [0, 0.1) is 5.92 Å². The maximum atomic E-state index is 12.3. The van der Waals surface area contributed by atoms with Crippen LogP contribution in [0.1, 0.15) is 26.8 Å². The summed E-state index contributed by atoms with van der Waals surface area (Å²) in [6.07, 6.45) is 0. The zero-order chi connectivity index (χ0) is 17.0. The van der Waals surface area contributed by atoms with Gasteiger partial charge in [-0.3, -0.25) is 9.59 Å². The Bertz CT molecular complexity index is 683. The van der Waals surface area contributed by atoms with E-state index in [4.69, 9.17) is 5.11 Å². The Morgan fingerprint density at radius 3 is 2.39 bits per heavy atom. The number of amides is 1. The zero-order valence-corrected chi connectivity index (χ0v) is 13.2. The van der Waals surface area contributed by atoms with Crippen molar-refractivity contribution in [2.45, 2.75) is 32.9 Å². The number of tetrazole rings is 1. The summed E-state index contributed by atoms with van der Waals surface area (Å²) in [6, 6.07) is 7.57. The Morgan fingerprint density at radius 2 is 1.83 bits per heavy atom. The van der Waals surface area contributed by atoms with Gasteiger partial charge in [-0.15, -0.1) is 10.2 Å². The highest BCUT2D eigenvalue weighted by Crippen LogP contribution is 2.18. The minimum atomic E-state index is -1.10. The van der Waals surface area contributed by atoms with Crippen LogP contribution in [-0.2, 0) is 9.59 Å². The zero-order valence-electron chi connectivity index (χ0n) is 13.2. The minimum absolute atomic E-state index is 0.131. The molecule has 0 aliphatic carbocycles. The highest BCUT2D eigenvalue weighted by Gasteiger charge is 2.29. The van der Waals surface area contributed by atoms with E-state index in [2.05, 4.69) is 20.7 Å². The molecule has 0 aliphatic heterocycles. The molecule has 0 spiro atoms. The molecule has 0 saturated heterocycles. The number of benzene rings is 1. The molecule has 8 heteroatoms. The van der Waals surface area contributed by atoms with E-state index in [0.29, 0.717) is 5.82 Å². The van der Waals surface area contributed by atoms with Crippen molar-refractivity contribution in [2.75, 3.05) is 0 Å². The van der Waals surface area contributed by atoms with E-state index in [1.165, 1.54) is 11.7 Å². The first-order chi connectivity index (χ1) is 10.9. The Labute approximate surface area is 133 Å². The van der Waals surface area contributed by atoms with Gasteiger partial charge in [0, 0.05) is 5.56 Å². The highest BCUT2D eigenvalue weighted by atomic mass is 16.4. The number of carbonyl (C=O) groups excluding carboxylic acids is 1. The van der Waals surface area contributed by atoms with Crippen molar-refractivity contribution in [3.8, 4) is 11.4 Å². The molecular formula is C15H19N5O3. The quantitative estimate of drug-likeness (QED) is 0.826. The van der Waals surface area contributed by atoms with Crippen molar-refractivity contribution in [2.24, 2.45) is 5.92 Å². The molecule has 1 aromatic carbocycles. The van der Waals surface area contributed by atoms with E-state index in [0.717, 1.165) is 5.56 Å². The van der Waals surface area contributed by atoms with Crippen LogP contribution in [0.2, 0.25) is 0 Å². The van der Waals surface area contributed by atoms with Crippen LogP contribution in [0.5, 0.6) is 0 Å². The lowest BCUT2D eigenvalue weighted by Gasteiger charge is -2.20. The van der Waals surface area contributed by atoms with Gasteiger partial charge >= 0.3 is 5.97 Å². The van der Waals surface area contributed by atoms with Crippen molar-refractivity contribution in [3.63, 3.8) is 0 Å². The first-order valence-electron chi connectivity index (χ1n) is 7.28. The molecule has 2 N–H and O–H groups in total. The standard InChI is InChI=1S/C15H19N5O3/c1-9(2)12(14(21)16-10(3)15(22)23)20-18-13(17-19-20)11-7-5-4-6-8-11/h4-10,12H,1-3H3,(H,16,21)(H,22,23)/t10-,12?/m1/s1. The number of carbonyl (C=O) groups is 2. The molecule has 1 heterocycles. The van der Waals surface area contributed by atoms with Crippen molar-refractivity contribution in [3.05, 3.63) is 30.3 Å². The van der Waals surface area contributed by atoms with Gasteiger partial charge in [0.15, 0.2) is 6.04 Å². The molecular weight excluding hydrogens is 298 g/mol. The van der Waals surface area contributed by atoms with E-state index in [1.807, 2.05) is 44.2 Å². The number of rotatable bonds is 6. The summed E-state index contributed by atoms with van der Waals surface area (Å²) < 4.78 is 0. The van der Waals surface area contributed by atoms with Crippen LogP contribution in [0.25, 0.3) is 11.4 Å². The predicted octanol–water partition coefficient (Wildman–Crippen LogP) is 1.13. The third kappa shape index (κ3) is 3.91. The Kier molecular flexibility index (Phi) is 5.05. The number of aromatic nitrogens is 4. The Morgan fingerprint density at radius 1 is 1.17 bits per heavy atom. The summed E-state index contributed by atoms with van der Waals surface area (Å²) >= 11 is 0. The summed E-state index contributed by atoms with van der Waals surface area (Å²) in [4.78, 5) is 24.5. The average Bonchev–Trinajstić information content (AvgIpc) is 2.97. The van der Waals surface area contributed by atoms with Crippen molar-refractivity contribution < 1.29 is 14.7 Å². The van der Waals surface area contributed by atoms with Crippen molar-refractivity contribution in [1.82, 2.24) is 25.5 Å². The second-order valence-corrected chi connectivity index (χ2v) is 5.56. The van der Waals surface area contributed by atoms with Crippen LogP contribution >= 0.6 is 0 Å². The van der Waals surface area contributed by atoms with Gasteiger partial charge in [0.2, 0.25) is 11.7 Å². The van der Waals surface area contributed by atoms with Crippen LogP contribution < -0.4 is 5.32 Å². The molecule has 1 amide bonds. The van der Waals surface area contributed by atoms with Gasteiger partial charge in [0.05, 0.1) is 0 Å². The van der Waals surface area contributed by atoms with Crippen LogP contribution in [0.3, 0.4) is 0 Å². The molecule has 23 heavy (non-hydrogen) atoms. The Hall–Kier alpha value is -2.77. The summed E-state index contributed by atoms with van der Waals surface area (Å²) in [5.74, 6) is -1.27. The van der Waals surface area contributed by atoms with E-state index in [9.17, 15) is 9.59 Å². The monoisotopic (exact) mass is 317 g/mol. The summed E-state index contributed by atoms with van der Waals surface area (Å²) in [5.41, 5.74) is 0.792. The Balaban J connectivity index is 2.23. The average molecular weight is 317 g/mol. The third-order valence-electron chi connectivity index (χ3n) is 3.34. The molecule has 2 atom stereocenters. The number of nitrogens with one attached hydrogen (secondary N) is 1. The first kappa shape index (κ1) is 16.6.